The molecule has 1 aromatic carbocycles. The average Bonchev–Trinajstić information content (AvgIpc) is 3.12. The van der Waals surface area contributed by atoms with Gasteiger partial charge in [-0.25, -0.2) is 0 Å². The van der Waals surface area contributed by atoms with E-state index in [0.717, 1.165) is 43.5 Å². The summed E-state index contributed by atoms with van der Waals surface area (Å²) >= 11 is 3.37. The Labute approximate surface area is 127 Å². The van der Waals surface area contributed by atoms with Gasteiger partial charge in [0.25, 0.3) is 5.91 Å². The lowest BCUT2D eigenvalue weighted by Crippen LogP contribution is -2.37. The van der Waals surface area contributed by atoms with Crippen LogP contribution in [-0.2, 0) is 4.74 Å². The fraction of sp³-hybridized carbons (Fsp3) is 0.533. The highest BCUT2D eigenvalue weighted by Gasteiger charge is 2.35. The third kappa shape index (κ3) is 2.99. The van der Waals surface area contributed by atoms with Gasteiger partial charge in [0.2, 0.25) is 0 Å². The maximum atomic E-state index is 12.7. The smallest absolute Gasteiger partial charge is 0.256 e. The van der Waals surface area contributed by atoms with E-state index in [2.05, 4.69) is 15.9 Å². The van der Waals surface area contributed by atoms with E-state index in [-0.39, 0.29) is 5.91 Å². The van der Waals surface area contributed by atoms with Gasteiger partial charge in [0.05, 0.1) is 12.2 Å². The second-order valence-electron chi connectivity index (χ2n) is 5.65. The Hall–Kier alpha value is -1.07. The molecule has 1 aromatic rings. The van der Waals surface area contributed by atoms with Crippen LogP contribution in [0.1, 0.15) is 29.6 Å². The van der Waals surface area contributed by atoms with Gasteiger partial charge in [0, 0.05) is 35.3 Å². The number of amides is 1. The van der Waals surface area contributed by atoms with Gasteiger partial charge < -0.3 is 15.4 Å². The minimum atomic E-state index is 0.0596. The largest absolute Gasteiger partial charge is 0.398 e. The van der Waals surface area contributed by atoms with Crippen molar-refractivity contribution in [3.63, 3.8) is 0 Å². The van der Waals surface area contributed by atoms with Gasteiger partial charge in [-0.3, -0.25) is 4.79 Å². The molecule has 2 N–H and O–H groups in total. The van der Waals surface area contributed by atoms with Crippen LogP contribution in [0.25, 0.3) is 0 Å². The van der Waals surface area contributed by atoms with Crippen molar-refractivity contribution in [2.75, 3.05) is 25.5 Å². The van der Waals surface area contributed by atoms with E-state index in [1.165, 1.54) is 0 Å². The molecule has 1 unspecified atom stereocenters. The van der Waals surface area contributed by atoms with Crippen molar-refractivity contribution < 1.29 is 9.53 Å². The summed E-state index contributed by atoms with van der Waals surface area (Å²) in [5.41, 5.74) is 7.14. The van der Waals surface area contributed by atoms with Crippen LogP contribution in [0.3, 0.4) is 0 Å². The summed E-state index contributed by atoms with van der Waals surface area (Å²) in [5.74, 6) is 0.528. The predicted molar refractivity (Wildman–Crippen MR) is 81.5 cm³/mol. The normalized spacial score (nSPS) is 21.9. The third-order valence-electron chi connectivity index (χ3n) is 3.97. The standard InChI is InChI=1S/C15H19BrN2O2/c16-11-1-4-13(14(17)7-11)15(19)18(12-2-3-12)8-10-5-6-20-9-10/h1,4,7,10,12H,2-3,5-6,8-9,17H2. The van der Waals surface area contributed by atoms with Crippen molar-refractivity contribution in [1.82, 2.24) is 4.90 Å². The number of ether oxygens (including phenoxy) is 1. The minimum absolute atomic E-state index is 0.0596. The molecule has 0 aromatic heterocycles. The molecule has 5 heteroatoms. The summed E-state index contributed by atoms with van der Waals surface area (Å²) in [6.45, 7) is 2.38. The number of anilines is 1. The SMILES string of the molecule is Nc1cc(Br)ccc1C(=O)N(CC1CCOC1)C1CC1. The first-order valence-electron chi connectivity index (χ1n) is 7.09. The van der Waals surface area contributed by atoms with E-state index in [9.17, 15) is 4.79 Å². The van der Waals surface area contributed by atoms with Crippen molar-refractivity contribution in [3.05, 3.63) is 28.2 Å². The highest BCUT2D eigenvalue weighted by atomic mass is 79.9. The van der Waals surface area contributed by atoms with Gasteiger partial charge >= 0.3 is 0 Å². The highest BCUT2D eigenvalue weighted by molar-refractivity contribution is 9.10. The van der Waals surface area contributed by atoms with Crippen molar-refractivity contribution in [1.29, 1.82) is 0 Å². The number of nitrogen functional groups attached to an aromatic ring is 1. The van der Waals surface area contributed by atoms with Crippen LogP contribution in [0, 0.1) is 5.92 Å². The summed E-state index contributed by atoms with van der Waals surface area (Å²) in [5, 5.41) is 0. The summed E-state index contributed by atoms with van der Waals surface area (Å²) < 4.78 is 6.31. The minimum Gasteiger partial charge on any atom is -0.398 e. The molecule has 0 radical (unpaired) electrons. The van der Waals surface area contributed by atoms with Gasteiger partial charge in [-0.15, -0.1) is 0 Å². The van der Waals surface area contributed by atoms with Gasteiger partial charge in [-0.1, -0.05) is 15.9 Å². The van der Waals surface area contributed by atoms with Crippen molar-refractivity contribution in [3.8, 4) is 0 Å². The van der Waals surface area contributed by atoms with E-state index in [0.29, 0.717) is 23.2 Å². The van der Waals surface area contributed by atoms with E-state index < -0.39 is 0 Å². The molecule has 1 aliphatic heterocycles. The molecule has 4 nitrogen and oxygen atoms in total. The quantitative estimate of drug-likeness (QED) is 0.858. The van der Waals surface area contributed by atoms with Gasteiger partial charge in [0.15, 0.2) is 0 Å². The second kappa shape index (κ2) is 5.74. The summed E-state index contributed by atoms with van der Waals surface area (Å²) in [4.78, 5) is 14.7. The maximum Gasteiger partial charge on any atom is 0.256 e. The zero-order chi connectivity index (χ0) is 14.1. The maximum absolute atomic E-state index is 12.7. The van der Waals surface area contributed by atoms with Crippen LogP contribution < -0.4 is 5.73 Å². The Morgan fingerprint density at radius 3 is 2.80 bits per heavy atom. The lowest BCUT2D eigenvalue weighted by atomic mass is 10.1. The van der Waals surface area contributed by atoms with Crippen molar-refractivity contribution in [2.24, 2.45) is 5.92 Å². The predicted octanol–water partition coefficient (Wildman–Crippen LogP) is 2.67. The fourth-order valence-corrected chi connectivity index (χ4v) is 3.05. The fourth-order valence-electron chi connectivity index (χ4n) is 2.67. The lowest BCUT2D eigenvalue weighted by molar-refractivity contribution is 0.0707. The second-order valence-corrected chi connectivity index (χ2v) is 6.57. The van der Waals surface area contributed by atoms with Crippen LogP contribution in [0.4, 0.5) is 5.69 Å². The van der Waals surface area contributed by atoms with Crippen LogP contribution in [0.2, 0.25) is 0 Å². The molecule has 2 fully saturated rings. The molecular formula is C15H19BrN2O2. The molecule has 1 saturated heterocycles. The van der Waals surface area contributed by atoms with E-state index in [4.69, 9.17) is 10.5 Å². The molecule has 1 amide bonds. The molecule has 1 aliphatic carbocycles. The Balaban J connectivity index is 1.77. The van der Waals surface area contributed by atoms with Crippen LogP contribution in [-0.4, -0.2) is 36.6 Å². The zero-order valence-electron chi connectivity index (χ0n) is 11.3. The zero-order valence-corrected chi connectivity index (χ0v) is 12.9. The number of halogens is 1. The highest BCUT2D eigenvalue weighted by Crippen LogP contribution is 2.31. The monoisotopic (exact) mass is 338 g/mol. The van der Waals surface area contributed by atoms with Crippen molar-refractivity contribution >= 4 is 27.5 Å². The molecular weight excluding hydrogens is 320 g/mol. The molecule has 3 rings (SSSR count). The van der Waals surface area contributed by atoms with Gasteiger partial charge in [-0.05, 0) is 37.5 Å². The van der Waals surface area contributed by atoms with Crippen LogP contribution in [0.5, 0.6) is 0 Å². The number of hydrogen-bond donors (Lipinski definition) is 1. The molecule has 1 saturated carbocycles. The molecule has 20 heavy (non-hydrogen) atoms. The Bertz CT molecular complexity index is 511. The third-order valence-corrected chi connectivity index (χ3v) is 4.46. The first kappa shape index (κ1) is 13.9. The molecule has 0 bridgehead atoms. The summed E-state index contributed by atoms with van der Waals surface area (Å²) in [7, 11) is 0. The number of rotatable bonds is 4. The molecule has 2 aliphatic rings. The van der Waals surface area contributed by atoms with E-state index in [1.807, 2.05) is 17.0 Å². The lowest BCUT2D eigenvalue weighted by Gasteiger charge is -2.25. The summed E-state index contributed by atoms with van der Waals surface area (Å²) in [6, 6.07) is 5.86. The topological polar surface area (TPSA) is 55.6 Å². The molecule has 1 atom stereocenters. The first-order chi connectivity index (χ1) is 9.65. The number of hydrogen-bond acceptors (Lipinski definition) is 3. The van der Waals surface area contributed by atoms with E-state index in [1.54, 1.807) is 6.07 Å². The number of carbonyl (C=O) groups excluding carboxylic acids is 1. The number of carbonyl (C=O) groups is 1. The molecule has 1 heterocycles. The van der Waals surface area contributed by atoms with Gasteiger partial charge in [0.1, 0.15) is 0 Å². The number of nitrogens with zero attached hydrogens (tertiary/aromatic N) is 1. The number of benzene rings is 1. The van der Waals surface area contributed by atoms with Gasteiger partial charge in [-0.2, -0.15) is 0 Å². The first-order valence-corrected chi connectivity index (χ1v) is 7.88. The Morgan fingerprint density at radius 1 is 1.40 bits per heavy atom. The number of nitrogens with two attached hydrogens (primary N) is 1. The van der Waals surface area contributed by atoms with E-state index >= 15 is 0 Å². The summed E-state index contributed by atoms with van der Waals surface area (Å²) in [6.07, 6.45) is 3.26. The van der Waals surface area contributed by atoms with Crippen molar-refractivity contribution in [2.45, 2.75) is 25.3 Å². The molecule has 0 spiro atoms. The van der Waals surface area contributed by atoms with Crippen LogP contribution in [0.15, 0.2) is 22.7 Å². The molecule has 108 valence electrons. The van der Waals surface area contributed by atoms with Crippen LogP contribution >= 0.6 is 15.9 Å². The Kier molecular flexibility index (Phi) is 3.98. The average molecular weight is 339 g/mol. The Morgan fingerprint density at radius 2 is 2.20 bits per heavy atom.